The Morgan fingerprint density at radius 2 is 2.28 bits per heavy atom. The van der Waals surface area contributed by atoms with Gasteiger partial charge in [-0.1, -0.05) is 5.16 Å². The molecule has 0 spiro atoms. The van der Waals surface area contributed by atoms with Gasteiger partial charge in [0, 0.05) is 6.92 Å². The first-order chi connectivity index (χ1) is 8.70. The second kappa shape index (κ2) is 5.30. The zero-order valence-corrected chi connectivity index (χ0v) is 10.2. The predicted molar refractivity (Wildman–Crippen MR) is 64.0 cm³/mol. The summed E-state index contributed by atoms with van der Waals surface area (Å²) in [6.07, 6.45) is 1.38. The van der Waals surface area contributed by atoms with Crippen LogP contribution in [0.5, 0.6) is 5.88 Å². The molecule has 0 aromatic carbocycles. The summed E-state index contributed by atoms with van der Waals surface area (Å²) in [7, 11) is 0. The van der Waals surface area contributed by atoms with Crippen molar-refractivity contribution < 1.29 is 9.26 Å². The molecule has 2 aromatic heterocycles. The molecule has 8 heteroatoms. The van der Waals surface area contributed by atoms with Gasteiger partial charge in [0.05, 0.1) is 13.2 Å². The molecule has 0 amide bonds. The molecule has 96 valence electrons. The summed E-state index contributed by atoms with van der Waals surface area (Å²) in [6.45, 7) is 4.44. The lowest BCUT2D eigenvalue weighted by molar-refractivity contribution is 0.328. The second-order valence-electron chi connectivity index (χ2n) is 3.46. The topological polar surface area (TPSA) is 112 Å². The molecule has 0 atom stereocenters. The van der Waals surface area contributed by atoms with E-state index in [2.05, 4.69) is 25.4 Å². The van der Waals surface area contributed by atoms with Crippen molar-refractivity contribution in [2.75, 3.05) is 17.7 Å². The standard InChI is InChI=1S/C10H14N6O2/c1-3-17-10-8(11)9(13-5-14-10)12-4-7-15-6(2)18-16-7/h5H,3-4,11H2,1-2H3,(H,12,13,14). The zero-order chi connectivity index (χ0) is 13.0. The Kier molecular flexibility index (Phi) is 3.56. The number of nitrogens with two attached hydrogens (primary N) is 1. The van der Waals surface area contributed by atoms with E-state index in [4.69, 9.17) is 15.0 Å². The fraction of sp³-hybridized carbons (Fsp3) is 0.400. The summed E-state index contributed by atoms with van der Waals surface area (Å²) in [4.78, 5) is 12.0. The number of ether oxygens (including phenoxy) is 1. The van der Waals surface area contributed by atoms with E-state index in [-0.39, 0.29) is 0 Å². The van der Waals surface area contributed by atoms with Crippen LogP contribution in [0, 0.1) is 6.92 Å². The van der Waals surface area contributed by atoms with Crippen molar-refractivity contribution in [3.8, 4) is 5.88 Å². The lowest BCUT2D eigenvalue weighted by atomic mass is 10.4. The van der Waals surface area contributed by atoms with Gasteiger partial charge in [0.25, 0.3) is 0 Å². The molecule has 0 unspecified atom stereocenters. The van der Waals surface area contributed by atoms with E-state index in [1.807, 2.05) is 6.92 Å². The Morgan fingerprint density at radius 1 is 1.44 bits per heavy atom. The Balaban J connectivity index is 2.07. The average molecular weight is 250 g/mol. The molecule has 0 bridgehead atoms. The van der Waals surface area contributed by atoms with Crippen molar-refractivity contribution in [2.24, 2.45) is 0 Å². The van der Waals surface area contributed by atoms with Gasteiger partial charge in [-0.15, -0.1) is 0 Å². The van der Waals surface area contributed by atoms with E-state index in [1.165, 1.54) is 6.33 Å². The molecule has 18 heavy (non-hydrogen) atoms. The highest BCUT2D eigenvalue weighted by atomic mass is 16.5. The van der Waals surface area contributed by atoms with E-state index >= 15 is 0 Å². The van der Waals surface area contributed by atoms with Crippen LogP contribution in [0.2, 0.25) is 0 Å². The fourth-order valence-corrected chi connectivity index (χ4v) is 1.35. The molecule has 0 saturated carbocycles. The van der Waals surface area contributed by atoms with E-state index in [1.54, 1.807) is 6.92 Å². The first-order valence-corrected chi connectivity index (χ1v) is 5.47. The Bertz CT molecular complexity index is 527. The summed E-state index contributed by atoms with van der Waals surface area (Å²) in [6, 6.07) is 0. The van der Waals surface area contributed by atoms with Crippen LogP contribution in [0.25, 0.3) is 0 Å². The van der Waals surface area contributed by atoms with Crippen LogP contribution >= 0.6 is 0 Å². The maximum absolute atomic E-state index is 5.86. The summed E-state index contributed by atoms with van der Waals surface area (Å²) in [5, 5.41) is 6.76. The van der Waals surface area contributed by atoms with E-state index in [0.717, 1.165) is 0 Å². The third-order valence-electron chi connectivity index (χ3n) is 2.11. The molecule has 0 aliphatic heterocycles. The Labute approximate surface area is 104 Å². The van der Waals surface area contributed by atoms with Gasteiger partial charge in [0.2, 0.25) is 11.8 Å². The van der Waals surface area contributed by atoms with Crippen LogP contribution in [0.4, 0.5) is 11.5 Å². The third-order valence-corrected chi connectivity index (χ3v) is 2.11. The first kappa shape index (κ1) is 12.1. The van der Waals surface area contributed by atoms with E-state index in [9.17, 15) is 0 Å². The molecule has 3 N–H and O–H groups in total. The van der Waals surface area contributed by atoms with Crippen LogP contribution in [-0.2, 0) is 6.54 Å². The average Bonchev–Trinajstić information content (AvgIpc) is 2.77. The highest BCUT2D eigenvalue weighted by Crippen LogP contribution is 2.24. The smallest absolute Gasteiger partial charge is 0.242 e. The number of rotatable bonds is 5. The van der Waals surface area contributed by atoms with Crippen molar-refractivity contribution in [2.45, 2.75) is 20.4 Å². The number of hydrogen-bond donors (Lipinski definition) is 2. The largest absolute Gasteiger partial charge is 0.476 e. The number of nitrogens with one attached hydrogen (secondary N) is 1. The summed E-state index contributed by atoms with van der Waals surface area (Å²) < 4.78 is 10.1. The van der Waals surface area contributed by atoms with Gasteiger partial charge in [0.1, 0.15) is 12.0 Å². The molecular formula is C10H14N6O2. The molecular weight excluding hydrogens is 236 g/mol. The maximum atomic E-state index is 5.86. The normalized spacial score (nSPS) is 10.3. The molecule has 0 aliphatic carbocycles. The van der Waals surface area contributed by atoms with Crippen molar-refractivity contribution in [3.63, 3.8) is 0 Å². The monoisotopic (exact) mass is 250 g/mol. The molecule has 2 heterocycles. The quantitative estimate of drug-likeness (QED) is 0.799. The highest BCUT2D eigenvalue weighted by Gasteiger charge is 2.09. The fourth-order valence-electron chi connectivity index (χ4n) is 1.35. The van der Waals surface area contributed by atoms with Crippen LogP contribution in [0.15, 0.2) is 10.9 Å². The van der Waals surface area contributed by atoms with Crippen molar-refractivity contribution in [3.05, 3.63) is 18.0 Å². The van der Waals surface area contributed by atoms with Gasteiger partial charge in [-0.05, 0) is 6.92 Å². The minimum Gasteiger partial charge on any atom is -0.476 e. The van der Waals surface area contributed by atoms with Crippen LogP contribution < -0.4 is 15.8 Å². The lowest BCUT2D eigenvalue weighted by Gasteiger charge is -2.09. The molecule has 0 saturated heterocycles. The molecule has 8 nitrogen and oxygen atoms in total. The van der Waals surface area contributed by atoms with Crippen molar-refractivity contribution in [1.29, 1.82) is 0 Å². The van der Waals surface area contributed by atoms with Crippen molar-refractivity contribution in [1.82, 2.24) is 20.1 Å². The van der Waals surface area contributed by atoms with Crippen LogP contribution in [0.3, 0.4) is 0 Å². The van der Waals surface area contributed by atoms with Gasteiger partial charge >= 0.3 is 0 Å². The number of hydrogen-bond acceptors (Lipinski definition) is 8. The summed E-state index contributed by atoms with van der Waals surface area (Å²) in [5.74, 6) is 1.89. The first-order valence-electron chi connectivity index (χ1n) is 5.47. The molecule has 0 radical (unpaired) electrons. The van der Waals surface area contributed by atoms with Crippen LogP contribution in [-0.4, -0.2) is 26.7 Å². The van der Waals surface area contributed by atoms with E-state index in [0.29, 0.717) is 42.3 Å². The SMILES string of the molecule is CCOc1ncnc(NCc2noc(C)n2)c1N. The second-order valence-corrected chi connectivity index (χ2v) is 3.46. The van der Waals surface area contributed by atoms with Gasteiger partial charge in [-0.2, -0.15) is 9.97 Å². The number of aromatic nitrogens is 4. The number of anilines is 2. The number of nitrogen functional groups attached to an aromatic ring is 1. The Morgan fingerprint density at radius 3 is 2.94 bits per heavy atom. The van der Waals surface area contributed by atoms with Gasteiger partial charge in [0.15, 0.2) is 11.6 Å². The Hall–Kier alpha value is -2.38. The number of nitrogens with zero attached hydrogens (tertiary/aromatic N) is 4. The van der Waals surface area contributed by atoms with Crippen LogP contribution in [0.1, 0.15) is 18.6 Å². The zero-order valence-electron chi connectivity index (χ0n) is 10.2. The summed E-state index contributed by atoms with van der Waals surface area (Å²) >= 11 is 0. The maximum Gasteiger partial charge on any atom is 0.242 e. The molecule has 2 rings (SSSR count). The van der Waals surface area contributed by atoms with Gasteiger partial charge in [-0.3, -0.25) is 0 Å². The highest BCUT2D eigenvalue weighted by molar-refractivity contribution is 5.66. The van der Waals surface area contributed by atoms with Gasteiger partial charge < -0.3 is 20.3 Å². The predicted octanol–water partition coefficient (Wildman–Crippen LogP) is 0.761. The molecule has 0 aliphatic rings. The molecule has 2 aromatic rings. The minimum absolute atomic E-state index is 0.360. The third kappa shape index (κ3) is 2.65. The van der Waals surface area contributed by atoms with Gasteiger partial charge in [-0.25, -0.2) is 4.98 Å². The lowest BCUT2D eigenvalue weighted by Crippen LogP contribution is -2.08. The summed E-state index contributed by atoms with van der Waals surface area (Å²) in [5.41, 5.74) is 6.22. The minimum atomic E-state index is 0.360. The number of aryl methyl sites for hydroxylation is 1. The molecule has 0 fully saturated rings. The van der Waals surface area contributed by atoms with Crippen molar-refractivity contribution >= 4 is 11.5 Å². The van der Waals surface area contributed by atoms with E-state index < -0.39 is 0 Å².